The van der Waals surface area contributed by atoms with Gasteiger partial charge in [0.05, 0.1) is 6.42 Å². The van der Waals surface area contributed by atoms with Gasteiger partial charge in [-0.2, -0.15) is 0 Å². The molecule has 124 valence electrons. The summed E-state index contributed by atoms with van der Waals surface area (Å²) < 4.78 is 0. The van der Waals surface area contributed by atoms with E-state index < -0.39 is 0 Å². The van der Waals surface area contributed by atoms with Gasteiger partial charge in [-0.3, -0.25) is 9.59 Å². The van der Waals surface area contributed by atoms with E-state index in [1.165, 1.54) is 5.56 Å². The molecule has 2 aromatic rings. The number of rotatable bonds is 4. The molecule has 0 atom stereocenters. The predicted molar refractivity (Wildman–Crippen MR) is 95.1 cm³/mol. The van der Waals surface area contributed by atoms with Crippen LogP contribution in [0.2, 0.25) is 0 Å². The van der Waals surface area contributed by atoms with Gasteiger partial charge in [0.1, 0.15) is 0 Å². The standard InChI is InChI=1S/C20H22N2O2/c1-15-4-6-16(7-5-15)14-19(23)21-18-10-8-17(9-11-18)20(24)22-12-2-3-13-22/h4-11H,2-3,12-14H2,1H3,(H,21,23). The summed E-state index contributed by atoms with van der Waals surface area (Å²) in [5, 5.41) is 2.88. The Labute approximate surface area is 142 Å². The van der Waals surface area contributed by atoms with E-state index in [1.807, 2.05) is 36.1 Å². The maximum atomic E-state index is 12.3. The minimum absolute atomic E-state index is 0.0579. The van der Waals surface area contributed by atoms with Crippen LogP contribution in [0.5, 0.6) is 0 Å². The van der Waals surface area contributed by atoms with Gasteiger partial charge >= 0.3 is 0 Å². The Kier molecular flexibility index (Phi) is 4.94. The highest BCUT2D eigenvalue weighted by Crippen LogP contribution is 2.16. The smallest absolute Gasteiger partial charge is 0.253 e. The number of carbonyl (C=O) groups is 2. The fourth-order valence-electron chi connectivity index (χ4n) is 2.90. The van der Waals surface area contributed by atoms with E-state index in [2.05, 4.69) is 5.32 Å². The van der Waals surface area contributed by atoms with Crippen LogP contribution in [0, 0.1) is 6.92 Å². The molecule has 0 aliphatic carbocycles. The molecule has 0 spiro atoms. The van der Waals surface area contributed by atoms with E-state index in [0.717, 1.165) is 31.5 Å². The van der Waals surface area contributed by atoms with Crippen LogP contribution < -0.4 is 5.32 Å². The van der Waals surface area contributed by atoms with Crippen LogP contribution in [0.4, 0.5) is 5.69 Å². The number of hydrogen-bond acceptors (Lipinski definition) is 2. The fraction of sp³-hybridized carbons (Fsp3) is 0.300. The molecule has 0 aromatic heterocycles. The highest BCUT2D eigenvalue weighted by atomic mass is 16.2. The average molecular weight is 322 g/mol. The Bertz CT molecular complexity index is 714. The molecule has 1 N–H and O–H groups in total. The van der Waals surface area contributed by atoms with E-state index in [-0.39, 0.29) is 11.8 Å². The SMILES string of the molecule is Cc1ccc(CC(=O)Nc2ccc(C(=O)N3CCCC3)cc2)cc1. The lowest BCUT2D eigenvalue weighted by Crippen LogP contribution is -2.27. The Morgan fingerprint density at radius 1 is 0.958 bits per heavy atom. The number of likely N-dealkylation sites (tertiary alicyclic amines) is 1. The topological polar surface area (TPSA) is 49.4 Å². The van der Waals surface area contributed by atoms with Crippen LogP contribution in [0.3, 0.4) is 0 Å². The molecule has 0 saturated carbocycles. The lowest BCUT2D eigenvalue weighted by atomic mass is 10.1. The summed E-state index contributed by atoms with van der Waals surface area (Å²) in [7, 11) is 0. The summed E-state index contributed by atoms with van der Waals surface area (Å²) in [4.78, 5) is 26.3. The van der Waals surface area contributed by atoms with Crippen molar-refractivity contribution in [3.05, 3.63) is 65.2 Å². The number of benzene rings is 2. The zero-order chi connectivity index (χ0) is 16.9. The van der Waals surface area contributed by atoms with Crippen LogP contribution in [0.25, 0.3) is 0 Å². The summed E-state index contributed by atoms with van der Waals surface area (Å²) in [6.45, 7) is 3.70. The maximum absolute atomic E-state index is 12.3. The van der Waals surface area contributed by atoms with Crippen molar-refractivity contribution in [3.63, 3.8) is 0 Å². The molecule has 1 heterocycles. The predicted octanol–water partition coefficient (Wildman–Crippen LogP) is 3.41. The van der Waals surface area contributed by atoms with Gasteiger partial charge in [0.2, 0.25) is 5.91 Å². The van der Waals surface area contributed by atoms with E-state index >= 15 is 0 Å². The zero-order valence-corrected chi connectivity index (χ0v) is 13.9. The van der Waals surface area contributed by atoms with Gasteiger partial charge in [0.15, 0.2) is 0 Å². The summed E-state index contributed by atoms with van der Waals surface area (Å²) >= 11 is 0. The molecule has 0 unspecified atom stereocenters. The summed E-state index contributed by atoms with van der Waals surface area (Å²) in [6.07, 6.45) is 2.51. The molecule has 0 radical (unpaired) electrons. The molecular formula is C20H22N2O2. The molecule has 4 nitrogen and oxygen atoms in total. The number of nitrogens with zero attached hydrogens (tertiary/aromatic N) is 1. The first kappa shape index (κ1) is 16.2. The minimum atomic E-state index is -0.0579. The number of aryl methyl sites for hydroxylation is 1. The third kappa shape index (κ3) is 4.02. The minimum Gasteiger partial charge on any atom is -0.339 e. The van der Waals surface area contributed by atoms with Crippen LogP contribution in [-0.4, -0.2) is 29.8 Å². The number of nitrogens with one attached hydrogen (secondary N) is 1. The summed E-state index contributed by atoms with van der Waals surface area (Å²) in [6, 6.07) is 15.1. The van der Waals surface area contributed by atoms with Gasteiger partial charge in [-0.15, -0.1) is 0 Å². The molecule has 2 amide bonds. The second-order valence-electron chi connectivity index (χ2n) is 6.29. The van der Waals surface area contributed by atoms with E-state index in [4.69, 9.17) is 0 Å². The van der Waals surface area contributed by atoms with E-state index in [0.29, 0.717) is 17.7 Å². The van der Waals surface area contributed by atoms with Gasteiger partial charge in [-0.1, -0.05) is 29.8 Å². The quantitative estimate of drug-likeness (QED) is 0.938. The van der Waals surface area contributed by atoms with Crippen molar-refractivity contribution in [2.75, 3.05) is 18.4 Å². The van der Waals surface area contributed by atoms with Gasteiger partial charge in [0.25, 0.3) is 5.91 Å². The third-order valence-electron chi connectivity index (χ3n) is 4.29. The highest BCUT2D eigenvalue weighted by molar-refractivity contribution is 5.96. The van der Waals surface area contributed by atoms with Gasteiger partial charge in [-0.05, 0) is 49.6 Å². The Balaban J connectivity index is 1.58. The molecule has 1 saturated heterocycles. The van der Waals surface area contributed by atoms with Crippen LogP contribution in [-0.2, 0) is 11.2 Å². The van der Waals surface area contributed by atoms with Gasteiger partial charge < -0.3 is 10.2 Å². The van der Waals surface area contributed by atoms with Crippen molar-refractivity contribution in [2.24, 2.45) is 0 Å². The molecular weight excluding hydrogens is 300 g/mol. The third-order valence-corrected chi connectivity index (χ3v) is 4.29. The molecule has 2 aromatic carbocycles. The van der Waals surface area contributed by atoms with Crippen molar-refractivity contribution >= 4 is 17.5 Å². The van der Waals surface area contributed by atoms with E-state index in [9.17, 15) is 9.59 Å². The molecule has 1 fully saturated rings. The van der Waals surface area contributed by atoms with Gasteiger partial charge in [-0.25, -0.2) is 0 Å². The molecule has 24 heavy (non-hydrogen) atoms. The van der Waals surface area contributed by atoms with Crippen LogP contribution >= 0.6 is 0 Å². The second-order valence-corrected chi connectivity index (χ2v) is 6.29. The largest absolute Gasteiger partial charge is 0.339 e. The van der Waals surface area contributed by atoms with Crippen molar-refractivity contribution in [2.45, 2.75) is 26.2 Å². The first-order valence-electron chi connectivity index (χ1n) is 8.36. The Morgan fingerprint density at radius 3 is 2.21 bits per heavy atom. The molecule has 3 rings (SSSR count). The molecule has 4 heteroatoms. The highest BCUT2D eigenvalue weighted by Gasteiger charge is 2.19. The van der Waals surface area contributed by atoms with Crippen LogP contribution in [0.15, 0.2) is 48.5 Å². The number of anilines is 1. The zero-order valence-electron chi connectivity index (χ0n) is 13.9. The molecule has 1 aliphatic rings. The molecule has 1 aliphatic heterocycles. The monoisotopic (exact) mass is 322 g/mol. The van der Waals surface area contributed by atoms with E-state index in [1.54, 1.807) is 24.3 Å². The van der Waals surface area contributed by atoms with Gasteiger partial charge in [0, 0.05) is 24.3 Å². The van der Waals surface area contributed by atoms with Crippen LogP contribution in [0.1, 0.15) is 34.3 Å². The van der Waals surface area contributed by atoms with Crippen molar-refractivity contribution < 1.29 is 9.59 Å². The summed E-state index contributed by atoms with van der Waals surface area (Å²) in [5.41, 5.74) is 3.55. The first-order valence-corrected chi connectivity index (χ1v) is 8.36. The fourth-order valence-corrected chi connectivity index (χ4v) is 2.90. The van der Waals surface area contributed by atoms with Crippen molar-refractivity contribution in [1.29, 1.82) is 0 Å². The average Bonchev–Trinajstić information content (AvgIpc) is 3.11. The lowest BCUT2D eigenvalue weighted by molar-refractivity contribution is -0.115. The number of hydrogen-bond donors (Lipinski definition) is 1. The van der Waals surface area contributed by atoms with Crippen molar-refractivity contribution in [1.82, 2.24) is 4.90 Å². The molecule has 0 bridgehead atoms. The van der Waals surface area contributed by atoms with Crippen molar-refractivity contribution in [3.8, 4) is 0 Å². The normalized spacial score (nSPS) is 13.8. The number of amides is 2. The Hall–Kier alpha value is -2.62. The second kappa shape index (κ2) is 7.30. The maximum Gasteiger partial charge on any atom is 0.253 e. The summed E-state index contributed by atoms with van der Waals surface area (Å²) in [5.74, 6) is 0.0162. The number of carbonyl (C=O) groups excluding carboxylic acids is 2. The Morgan fingerprint density at radius 2 is 1.58 bits per heavy atom. The lowest BCUT2D eigenvalue weighted by Gasteiger charge is -2.15. The first-order chi connectivity index (χ1) is 11.6.